The van der Waals surface area contributed by atoms with Crippen LogP contribution in [0.4, 0.5) is 0 Å². The van der Waals surface area contributed by atoms with Crippen molar-refractivity contribution < 1.29 is 13.2 Å². The van der Waals surface area contributed by atoms with Gasteiger partial charge in [-0.3, -0.25) is 4.79 Å². The van der Waals surface area contributed by atoms with Gasteiger partial charge in [-0.05, 0) is 30.6 Å². The average Bonchev–Trinajstić information content (AvgIpc) is 2.91. The molecule has 0 spiro atoms. The molecule has 2 rings (SSSR count). The van der Waals surface area contributed by atoms with E-state index in [2.05, 4.69) is 4.72 Å². The zero-order valence-corrected chi connectivity index (χ0v) is 11.7. The first-order valence-corrected chi connectivity index (χ1v) is 7.73. The van der Waals surface area contributed by atoms with Gasteiger partial charge in [0.25, 0.3) is 0 Å². The fourth-order valence-electron chi connectivity index (χ4n) is 1.66. The first-order chi connectivity index (χ1) is 8.95. The molecule has 0 saturated carbocycles. The molecule has 7 heteroatoms. The van der Waals surface area contributed by atoms with Crippen LogP contribution in [-0.2, 0) is 10.0 Å². The first-order valence-electron chi connectivity index (χ1n) is 5.37. The van der Waals surface area contributed by atoms with Crippen molar-refractivity contribution in [2.24, 2.45) is 5.73 Å². The van der Waals surface area contributed by atoms with Crippen LogP contribution < -0.4 is 10.5 Å². The second kappa shape index (κ2) is 5.12. The standard InChI is InChI=1S/C12H12N2O3S2/c1-14-19(16,17)8-4-5-9(10(7-8)12(13)15)11-3-2-6-18-11/h2-7,14H,1H3,(H2,13,15). The minimum absolute atomic E-state index is 0.0177. The lowest BCUT2D eigenvalue weighted by molar-refractivity contribution is 0.100. The number of rotatable bonds is 4. The Labute approximate surface area is 115 Å². The van der Waals surface area contributed by atoms with E-state index in [4.69, 9.17) is 5.73 Å². The van der Waals surface area contributed by atoms with E-state index < -0.39 is 15.9 Å². The van der Waals surface area contributed by atoms with Crippen LogP contribution in [0.1, 0.15) is 10.4 Å². The van der Waals surface area contributed by atoms with Gasteiger partial charge in [0.1, 0.15) is 0 Å². The summed E-state index contributed by atoms with van der Waals surface area (Å²) in [5, 5.41) is 1.87. The molecule has 100 valence electrons. The fraction of sp³-hybridized carbons (Fsp3) is 0.0833. The Morgan fingerprint density at radius 2 is 2.05 bits per heavy atom. The van der Waals surface area contributed by atoms with Crippen LogP contribution in [0, 0.1) is 0 Å². The molecule has 0 aliphatic carbocycles. The lowest BCUT2D eigenvalue weighted by atomic mass is 10.1. The average molecular weight is 296 g/mol. The van der Waals surface area contributed by atoms with Crippen molar-refractivity contribution in [2.45, 2.75) is 4.90 Å². The van der Waals surface area contributed by atoms with E-state index in [1.54, 1.807) is 6.07 Å². The summed E-state index contributed by atoms with van der Waals surface area (Å²) in [6, 6.07) is 8.04. The third kappa shape index (κ3) is 2.67. The van der Waals surface area contributed by atoms with E-state index in [1.165, 1.54) is 30.5 Å². The lowest BCUT2D eigenvalue weighted by Gasteiger charge is -2.08. The second-order valence-corrected chi connectivity index (χ2v) is 6.59. The Bertz CT molecular complexity index is 707. The molecule has 1 aromatic carbocycles. The number of carbonyl (C=O) groups is 1. The first kappa shape index (κ1) is 13.7. The van der Waals surface area contributed by atoms with E-state index in [9.17, 15) is 13.2 Å². The zero-order valence-electron chi connectivity index (χ0n) is 10.1. The summed E-state index contributed by atoms with van der Waals surface area (Å²) < 4.78 is 25.6. The topological polar surface area (TPSA) is 89.3 Å². The number of nitrogens with two attached hydrogens (primary N) is 1. The van der Waals surface area contributed by atoms with Crippen LogP contribution in [0.15, 0.2) is 40.6 Å². The highest BCUT2D eigenvalue weighted by molar-refractivity contribution is 7.89. The summed E-state index contributed by atoms with van der Waals surface area (Å²) in [6.07, 6.45) is 0. The highest BCUT2D eigenvalue weighted by Crippen LogP contribution is 2.29. The van der Waals surface area contributed by atoms with Crippen molar-refractivity contribution in [2.75, 3.05) is 7.05 Å². The second-order valence-electron chi connectivity index (χ2n) is 3.76. The number of sulfonamides is 1. The van der Waals surface area contributed by atoms with Crippen LogP contribution in [0.25, 0.3) is 10.4 Å². The molecular weight excluding hydrogens is 284 g/mol. The molecule has 0 fully saturated rings. The van der Waals surface area contributed by atoms with Crippen LogP contribution in [0.5, 0.6) is 0 Å². The molecular formula is C12H12N2O3S2. The number of hydrogen-bond donors (Lipinski definition) is 2. The SMILES string of the molecule is CNS(=O)(=O)c1ccc(-c2cccs2)c(C(N)=O)c1. The Morgan fingerprint density at radius 3 is 2.58 bits per heavy atom. The van der Waals surface area contributed by atoms with E-state index in [1.807, 2.05) is 17.5 Å². The Balaban J connectivity index is 2.64. The van der Waals surface area contributed by atoms with Gasteiger partial charge >= 0.3 is 0 Å². The summed E-state index contributed by atoms with van der Waals surface area (Å²) >= 11 is 1.45. The quantitative estimate of drug-likeness (QED) is 0.894. The summed E-state index contributed by atoms with van der Waals surface area (Å²) in [5.41, 5.74) is 6.15. The third-order valence-corrected chi connectivity index (χ3v) is 4.94. The molecule has 0 saturated heterocycles. The maximum atomic E-state index is 11.7. The smallest absolute Gasteiger partial charge is 0.249 e. The molecule has 0 atom stereocenters. The van der Waals surface area contributed by atoms with Gasteiger partial charge in [-0.15, -0.1) is 11.3 Å². The Hall–Kier alpha value is -1.70. The predicted molar refractivity (Wildman–Crippen MR) is 74.5 cm³/mol. The molecule has 1 amide bonds. The van der Waals surface area contributed by atoms with Crippen molar-refractivity contribution in [3.63, 3.8) is 0 Å². The van der Waals surface area contributed by atoms with Gasteiger partial charge in [0, 0.05) is 16.0 Å². The lowest BCUT2D eigenvalue weighted by Crippen LogP contribution is -2.20. The fourth-order valence-corrected chi connectivity index (χ4v) is 3.18. The van der Waals surface area contributed by atoms with Crippen molar-refractivity contribution in [1.82, 2.24) is 4.72 Å². The Kier molecular flexibility index (Phi) is 3.70. The van der Waals surface area contributed by atoms with Gasteiger partial charge in [-0.1, -0.05) is 12.1 Å². The molecule has 0 radical (unpaired) electrons. The number of amides is 1. The molecule has 3 N–H and O–H groups in total. The molecule has 0 aliphatic rings. The third-order valence-electron chi connectivity index (χ3n) is 2.62. The molecule has 0 aliphatic heterocycles. The number of carbonyl (C=O) groups excluding carboxylic acids is 1. The van der Waals surface area contributed by atoms with E-state index in [0.717, 1.165) is 4.88 Å². The molecule has 1 heterocycles. The van der Waals surface area contributed by atoms with Gasteiger partial charge in [-0.2, -0.15) is 0 Å². The summed E-state index contributed by atoms with van der Waals surface area (Å²) in [4.78, 5) is 12.4. The molecule has 2 aromatic rings. The molecule has 1 aromatic heterocycles. The molecule has 5 nitrogen and oxygen atoms in total. The van der Waals surface area contributed by atoms with E-state index in [0.29, 0.717) is 5.56 Å². The van der Waals surface area contributed by atoms with Crippen LogP contribution in [0.3, 0.4) is 0 Å². The van der Waals surface area contributed by atoms with E-state index in [-0.39, 0.29) is 10.5 Å². The van der Waals surface area contributed by atoms with E-state index >= 15 is 0 Å². The maximum Gasteiger partial charge on any atom is 0.249 e. The van der Waals surface area contributed by atoms with Gasteiger partial charge in [0.05, 0.1) is 4.90 Å². The zero-order chi connectivity index (χ0) is 14.0. The number of thiophene rings is 1. The van der Waals surface area contributed by atoms with Crippen LogP contribution in [0.2, 0.25) is 0 Å². The molecule has 0 unspecified atom stereocenters. The van der Waals surface area contributed by atoms with Crippen molar-refractivity contribution in [3.8, 4) is 10.4 Å². The van der Waals surface area contributed by atoms with Gasteiger partial charge < -0.3 is 5.73 Å². The van der Waals surface area contributed by atoms with Gasteiger partial charge in [0.2, 0.25) is 15.9 Å². The number of primary amides is 1. The van der Waals surface area contributed by atoms with Crippen LogP contribution in [-0.4, -0.2) is 21.4 Å². The van der Waals surface area contributed by atoms with Crippen molar-refractivity contribution >= 4 is 27.3 Å². The summed E-state index contributed by atoms with van der Waals surface area (Å²) in [6.45, 7) is 0. The van der Waals surface area contributed by atoms with Gasteiger partial charge in [0.15, 0.2) is 0 Å². The number of hydrogen-bond acceptors (Lipinski definition) is 4. The monoisotopic (exact) mass is 296 g/mol. The molecule has 0 bridgehead atoms. The summed E-state index contributed by atoms with van der Waals surface area (Å²) in [5.74, 6) is -0.656. The van der Waals surface area contributed by atoms with Crippen molar-refractivity contribution in [1.29, 1.82) is 0 Å². The minimum Gasteiger partial charge on any atom is -0.366 e. The number of nitrogens with one attached hydrogen (secondary N) is 1. The minimum atomic E-state index is -3.59. The van der Waals surface area contributed by atoms with Gasteiger partial charge in [-0.25, -0.2) is 13.1 Å². The summed E-state index contributed by atoms with van der Waals surface area (Å²) in [7, 11) is -2.28. The number of benzene rings is 1. The van der Waals surface area contributed by atoms with Crippen LogP contribution >= 0.6 is 11.3 Å². The maximum absolute atomic E-state index is 11.7. The highest BCUT2D eigenvalue weighted by atomic mass is 32.2. The largest absolute Gasteiger partial charge is 0.366 e. The van der Waals surface area contributed by atoms with Crippen molar-refractivity contribution in [3.05, 3.63) is 41.3 Å². The molecule has 19 heavy (non-hydrogen) atoms. The highest BCUT2D eigenvalue weighted by Gasteiger charge is 2.17. The normalized spacial score (nSPS) is 11.4. The Morgan fingerprint density at radius 1 is 1.32 bits per heavy atom. The predicted octanol–water partition coefficient (Wildman–Crippen LogP) is 1.42.